The van der Waals surface area contributed by atoms with Gasteiger partial charge in [0.05, 0.1) is 11.5 Å². The summed E-state index contributed by atoms with van der Waals surface area (Å²) in [6.07, 6.45) is 0.283. The summed E-state index contributed by atoms with van der Waals surface area (Å²) < 4.78 is 43.4. The minimum Gasteiger partial charge on any atom is -0.460 e. The van der Waals surface area contributed by atoms with Gasteiger partial charge in [-0.1, -0.05) is 22.9 Å². The van der Waals surface area contributed by atoms with Crippen LogP contribution in [-0.4, -0.2) is 49.0 Å². The molecule has 0 saturated carbocycles. The van der Waals surface area contributed by atoms with Gasteiger partial charge in [-0.3, -0.25) is 0 Å². The number of carbonyl (C=O) groups is 1. The van der Waals surface area contributed by atoms with Crippen LogP contribution in [0.25, 0.3) is 22.4 Å². The van der Waals surface area contributed by atoms with Crippen molar-refractivity contribution >= 4 is 27.0 Å². The monoisotopic (exact) mass is 483 g/mol. The van der Waals surface area contributed by atoms with Crippen LogP contribution in [0.15, 0.2) is 56.3 Å². The Hall–Kier alpha value is -3.50. The number of benzene rings is 2. The maximum absolute atomic E-state index is 13.1. The number of ether oxygens (including phenoxy) is 1. The third-order valence-electron chi connectivity index (χ3n) is 5.49. The van der Waals surface area contributed by atoms with E-state index in [4.69, 9.17) is 13.7 Å². The summed E-state index contributed by atoms with van der Waals surface area (Å²) >= 11 is 0. The van der Waals surface area contributed by atoms with E-state index in [9.17, 15) is 13.2 Å². The van der Waals surface area contributed by atoms with Crippen LogP contribution in [0, 0.1) is 13.8 Å². The Morgan fingerprint density at radius 2 is 1.85 bits per heavy atom. The first-order valence-corrected chi connectivity index (χ1v) is 12.2. The highest BCUT2D eigenvalue weighted by atomic mass is 32.2. The van der Waals surface area contributed by atoms with E-state index < -0.39 is 16.0 Å². The molecule has 0 atom stereocenters. The quantitative estimate of drug-likeness (QED) is 0.343. The largest absolute Gasteiger partial charge is 0.460 e. The Balaban J connectivity index is 1.50. The van der Waals surface area contributed by atoms with E-state index in [2.05, 4.69) is 10.1 Å². The third-order valence-corrected chi connectivity index (χ3v) is 7.35. The topological polar surface area (TPSA) is 116 Å². The molecule has 0 radical (unpaired) electrons. The van der Waals surface area contributed by atoms with E-state index in [-0.39, 0.29) is 30.2 Å². The maximum atomic E-state index is 13.1. The second-order valence-electron chi connectivity index (χ2n) is 7.89. The second kappa shape index (κ2) is 9.40. The second-order valence-corrected chi connectivity index (χ2v) is 9.94. The Morgan fingerprint density at radius 1 is 1.12 bits per heavy atom. The van der Waals surface area contributed by atoms with E-state index >= 15 is 0 Å². The van der Waals surface area contributed by atoms with Crippen LogP contribution in [0.2, 0.25) is 0 Å². The lowest BCUT2D eigenvalue weighted by atomic mass is 10.1. The SMILES string of the molecule is CCOC(=O)c1oc2ccc(S(=O)(=O)N(C)CCc3noc(-c4ccc(C)cc4)n3)cc2c1C. The van der Waals surface area contributed by atoms with Crippen molar-refractivity contribution in [3.8, 4) is 11.5 Å². The normalized spacial score (nSPS) is 11.9. The van der Waals surface area contributed by atoms with Crippen LogP contribution < -0.4 is 0 Å². The fraction of sp³-hybridized carbons (Fsp3) is 0.292. The summed E-state index contributed by atoms with van der Waals surface area (Å²) in [5.74, 6) is 0.292. The van der Waals surface area contributed by atoms with E-state index in [1.807, 2.05) is 31.2 Å². The number of nitrogens with zero attached hydrogens (tertiary/aromatic N) is 3. The predicted molar refractivity (Wildman–Crippen MR) is 125 cm³/mol. The fourth-order valence-electron chi connectivity index (χ4n) is 3.48. The molecule has 0 aliphatic carbocycles. The van der Waals surface area contributed by atoms with Crippen LogP contribution in [0.1, 0.15) is 34.4 Å². The van der Waals surface area contributed by atoms with Crippen molar-refractivity contribution in [3.05, 3.63) is 65.2 Å². The molecule has 0 bridgehead atoms. The fourth-order valence-corrected chi connectivity index (χ4v) is 4.68. The first-order chi connectivity index (χ1) is 16.2. The van der Waals surface area contributed by atoms with Gasteiger partial charge in [0.2, 0.25) is 15.8 Å². The zero-order chi connectivity index (χ0) is 24.5. The number of aryl methyl sites for hydroxylation is 2. The summed E-state index contributed by atoms with van der Waals surface area (Å²) in [7, 11) is -2.31. The number of sulfonamides is 1. The van der Waals surface area contributed by atoms with Crippen molar-refractivity contribution in [1.82, 2.24) is 14.4 Å². The zero-order valence-corrected chi connectivity index (χ0v) is 20.2. The first-order valence-electron chi connectivity index (χ1n) is 10.8. The molecule has 4 aromatic rings. The Labute approximate surface area is 197 Å². The predicted octanol–water partition coefficient (Wildman–Crippen LogP) is 4.14. The number of esters is 1. The van der Waals surface area contributed by atoms with Gasteiger partial charge in [-0.2, -0.15) is 4.98 Å². The Morgan fingerprint density at radius 3 is 2.56 bits per heavy atom. The van der Waals surface area contributed by atoms with Crippen molar-refractivity contribution in [2.24, 2.45) is 0 Å². The van der Waals surface area contributed by atoms with E-state index in [0.29, 0.717) is 28.2 Å². The zero-order valence-electron chi connectivity index (χ0n) is 19.4. The molecule has 0 saturated heterocycles. The highest BCUT2D eigenvalue weighted by Gasteiger charge is 2.25. The van der Waals surface area contributed by atoms with Gasteiger partial charge in [0.15, 0.2) is 5.82 Å². The van der Waals surface area contributed by atoms with Crippen molar-refractivity contribution in [2.75, 3.05) is 20.2 Å². The molecule has 0 spiro atoms. The average Bonchev–Trinajstić information content (AvgIpc) is 3.42. The van der Waals surface area contributed by atoms with Gasteiger partial charge >= 0.3 is 5.97 Å². The summed E-state index contributed by atoms with van der Waals surface area (Å²) in [6, 6.07) is 12.2. The molecular formula is C24H25N3O6S. The highest BCUT2D eigenvalue weighted by Crippen LogP contribution is 2.29. The molecule has 2 heterocycles. The molecule has 2 aromatic carbocycles. The molecule has 0 aliphatic rings. The number of aromatic nitrogens is 2. The number of furan rings is 1. The van der Waals surface area contributed by atoms with Crippen molar-refractivity contribution in [2.45, 2.75) is 32.1 Å². The van der Waals surface area contributed by atoms with E-state index in [0.717, 1.165) is 11.1 Å². The van der Waals surface area contributed by atoms with Crippen molar-refractivity contribution in [1.29, 1.82) is 0 Å². The molecule has 0 fully saturated rings. The minimum absolute atomic E-state index is 0.0706. The van der Waals surface area contributed by atoms with Gasteiger partial charge in [-0.25, -0.2) is 17.5 Å². The van der Waals surface area contributed by atoms with E-state index in [1.165, 1.54) is 23.5 Å². The Bertz CT molecular complexity index is 1440. The number of carbonyl (C=O) groups excluding carboxylic acids is 1. The van der Waals surface area contributed by atoms with Crippen LogP contribution in [0.3, 0.4) is 0 Å². The van der Waals surface area contributed by atoms with Crippen molar-refractivity contribution in [3.63, 3.8) is 0 Å². The van der Waals surface area contributed by atoms with Crippen LogP contribution in [0.5, 0.6) is 0 Å². The average molecular weight is 484 g/mol. The molecule has 2 aromatic heterocycles. The lowest BCUT2D eigenvalue weighted by Crippen LogP contribution is -2.29. The number of hydrogen-bond acceptors (Lipinski definition) is 8. The van der Waals surface area contributed by atoms with Crippen LogP contribution in [0.4, 0.5) is 0 Å². The molecule has 34 heavy (non-hydrogen) atoms. The molecule has 4 rings (SSSR count). The van der Waals surface area contributed by atoms with E-state index in [1.54, 1.807) is 19.9 Å². The summed E-state index contributed by atoms with van der Waals surface area (Å²) in [5, 5.41) is 4.51. The molecule has 9 nitrogen and oxygen atoms in total. The van der Waals surface area contributed by atoms with Crippen molar-refractivity contribution < 1.29 is 26.9 Å². The highest BCUT2D eigenvalue weighted by molar-refractivity contribution is 7.89. The molecule has 10 heteroatoms. The van der Waals surface area contributed by atoms with Gasteiger partial charge < -0.3 is 13.7 Å². The molecule has 178 valence electrons. The molecule has 0 amide bonds. The number of rotatable bonds is 8. The smallest absolute Gasteiger partial charge is 0.374 e. The van der Waals surface area contributed by atoms with Crippen LogP contribution >= 0.6 is 0 Å². The third kappa shape index (κ3) is 4.59. The lowest BCUT2D eigenvalue weighted by Gasteiger charge is -2.16. The van der Waals surface area contributed by atoms with Gasteiger partial charge in [0, 0.05) is 36.5 Å². The number of likely N-dealkylation sites (N-methyl/N-ethyl adjacent to an activating group) is 1. The van der Waals surface area contributed by atoms with Gasteiger partial charge in [-0.15, -0.1) is 0 Å². The molecule has 0 N–H and O–H groups in total. The summed E-state index contributed by atoms with van der Waals surface area (Å²) in [5.41, 5.74) is 2.87. The summed E-state index contributed by atoms with van der Waals surface area (Å²) in [6.45, 7) is 5.76. The minimum atomic E-state index is -3.80. The number of hydrogen-bond donors (Lipinski definition) is 0. The van der Waals surface area contributed by atoms with Gasteiger partial charge in [0.1, 0.15) is 5.58 Å². The summed E-state index contributed by atoms with van der Waals surface area (Å²) in [4.78, 5) is 16.6. The molecular weight excluding hydrogens is 458 g/mol. The molecule has 0 aliphatic heterocycles. The maximum Gasteiger partial charge on any atom is 0.374 e. The van der Waals surface area contributed by atoms with Gasteiger partial charge in [-0.05, 0) is 51.1 Å². The first kappa shape index (κ1) is 23.7. The molecule has 0 unspecified atom stereocenters. The van der Waals surface area contributed by atoms with Gasteiger partial charge in [0.25, 0.3) is 5.89 Å². The standard InChI is InChI=1S/C24H25N3O6S/c1-5-31-24(28)22-16(3)19-14-18(10-11-20(19)32-22)34(29,30)27(4)13-12-21-25-23(33-26-21)17-8-6-15(2)7-9-17/h6-11,14H,5,12-13H2,1-4H3. The van der Waals surface area contributed by atoms with Crippen LogP contribution in [-0.2, 0) is 21.2 Å². The number of fused-ring (bicyclic) bond motifs is 1. The Kier molecular flexibility index (Phi) is 6.54. The lowest BCUT2D eigenvalue weighted by molar-refractivity contribution is 0.0491.